The number of piperidine rings is 1. The van der Waals surface area contributed by atoms with E-state index >= 15 is 0 Å². The maximum atomic E-state index is 13.2. The van der Waals surface area contributed by atoms with Gasteiger partial charge in [-0.05, 0) is 62.3 Å². The average Bonchev–Trinajstić information content (AvgIpc) is 2.73. The molecule has 2 aromatic carbocycles. The van der Waals surface area contributed by atoms with Gasteiger partial charge in [0.25, 0.3) is 0 Å². The first-order valence-electron chi connectivity index (χ1n) is 9.80. The zero-order valence-electron chi connectivity index (χ0n) is 16.0. The highest BCUT2D eigenvalue weighted by Crippen LogP contribution is 2.32. The van der Waals surface area contributed by atoms with Crippen molar-refractivity contribution in [2.24, 2.45) is 5.92 Å². The van der Waals surface area contributed by atoms with Crippen molar-refractivity contribution in [1.82, 2.24) is 4.90 Å². The van der Waals surface area contributed by atoms with Crippen LogP contribution in [0.4, 0.5) is 10.1 Å². The minimum atomic E-state index is -0.388. The Hall–Kier alpha value is -2.93. The molecule has 1 amide bonds. The quantitative estimate of drug-likeness (QED) is 0.784. The van der Waals surface area contributed by atoms with Gasteiger partial charge in [0, 0.05) is 17.2 Å². The third kappa shape index (κ3) is 4.74. The van der Waals surface area contributed by atoms with Gasteiger partial charge in [0.05, 0.1) is 6.54 Å². The van der Waals surface area contributed by atoms with Gasteiger partial charge >= 0.3 is 0 Å². The molecule has 1 fully saturated rings. The molecular formula is C22H23FN2O4. The van der Waals surface area contributed by atoms with Gasteiger partial charge in [-0.2, -0.15) is 0 Å². The summed E-state index contributed by atoms with van der Waals surface area (Å²) < 4.78 is 24.3. The van der Waals surface area contributed by atoms with Crippen molar-refractivity contribution in [2.75, 3.05) is 38.2 Å². The summed E-state index contributed by atoms with van der Waals surface area (Å²) in [7, 11) is 0. The number of halogens is 1. The molecule has 0 spiro atoms. The molecule has 2 heterocycles. The van der Waals surface area contributed by atoms with Crippen molar-refractivity contribution < 1.29 is 23.5 Å². The molecule has 2 aromatic rings. The number of benzene rings is 2. The lowest BCUT2D eigenvalue weighted by Crippen LogP contribution is -2.40. The predicted molar refractivity (Wildman–Crippen MR) is 106 cm³/mol. The summed E-state index contributed by atoms with van der Waals surface area (Å²) in [4.78, 5) is 27.1. The summed E-state index contributed by atoms with van der Waals surface area (Å²) in [5.74, 6) is 0.750. The number of amides is 1. The summed E-state index contributed by atoms with van der Waals surface area (Å²) in [6.45, 7) is 2.56. The Morgan fingerprint density at radius 1 is 1.03 bits per heavy atom. The summed E-state index contributed by atoms with van der Waals surface area (Å²) in [6, 6.07) is 11.2. The summed E-state index contributed by atoms with van der Waals surface area (Å²) in [5, 5.41) is 2.71. The zero-order chi connectivity index (χ0) is 20.2. The fraction of sp³-hybridized carbons (Fsp3) is 0.364. The minimum Gasteiger partial charge on any atom is -0.486 e. The summed E-state index contributed by atoms with van der Waals surface area (Å²) in [5.41, 5.74) is 1.08. The van der Waals surface area contributed by atoms with E-state index in [1.165, 1.54) is 12.1 Å². The van der Waals surface area contributed by atoms with Crippen LogP contribution in [0, 0.1) is 11.7 Å². The van der Waals surface area contributed by atoms with Crippen molar-refractivity contribution in [3.05, 3.63) is 53.8 Å². The van der Waals surface area contributed by atoms with E-state index in [0.717, 1.165) is 0 Å². The van der Waals surface area contributed by atoms with Gasteiger partial charge in [-0.3, -0.25) is 14.5 Å². The number of likely N-dealkylation sites (tertiary alicyclic amines) is 1. The first kappa shape index (κ1) is 19.4. The number of ketones is 1. The number of Topliss-reactive ketones (excluding diaryl/α,β-unsaturated/α-hetero) is 1. The van der Waals surface area contributed by atoms with E-state index in [4.69, 9.17) is 9.47 Å². The molecule has 0 bridgehead atoms. The number of carbonyl (C=O) groups excluding carboxylic acids is 2. The van der Waals surface area contributed by atoms with E-state index in [-0.39, 0.29) is 30.0 Å². The Morgan fingerprint density at radius 2 is 1.79 bits per heavy atom. The van der Waals surface area contributed by atoms with E-state index in [1.807, 2.05) is 4.90 Å². The van der Waals surface area contributed by atoms with Crippen molar-refractivity contribution in [3.8, 4) is 11.5 Å². The number of nitrogens with one attached hydrogen (secondary N) is 1. The maximum Gasteiger partial charge on any atom is 0.238 e. The van der Waals surface area contributed by atoms with E-state index in [0.29, 0.717) is 61.9 Å². The maximum absolute atomic E-state index is 13.2. The first-order chi connectivity index (χ1) is 14.1. The standard InChI is InChI=1S/C22H23FN2O4/c23-17-2-1-3-18(13-17)24-21(26)14-25-8-6-15(7-9-25)22(27)16-4-5-19-20(12-16)29-11-10-28-19/h1-5,12-13,15H,6-11,14H2,(H,24,26). The van der Waals surface area contributed by atoms with Crippen LogP contribution < -0.4 is 14.8 Å². The van der Waals surface area contributed by atoms with Crippen LogP contribution in [-0.4, -0.2) is 49.4 Å². The highest BCUT2D eigenvalue weighted by Gasteiger charge is 2.27. The van der Waals surface area contributed by atoms with E-state index in [2.05, 4.69) is 5.32 Å². The highest BCUT2D eigenvalue weighted by molar-refractivity contribution is 5.98. The Balaban J connectivity index is 1.29. The second-order valence-electron chi connectivity index (χ2n) is 7.33. The number of hydrogen-bond acceptors (Lipinski definition) is 5. The molecule has 4 rings (SSSR count). The fourth-order valence-electron chi connectivity index (χ4n) is 3.76. The number of nitrogens with zero attached hydrogens (tertiary/aromatic N) is 1. The lowest BCUT2D eigenvalue weighted by Gasteiger charge is -2.30. The second kappa shape index (κ2) is 8.61. The average molecular weight is 398 g/mol. The van der Waals surface area contributed by atoms with Gasteiger partial charge in [0.2, 0.25) is 5.91 Å². The molecule has 0 saturated carbocycles. The van der Waals surface area contributed by atoms with Crippen LogP contribution in [-0.2, 0) is 4.79 Å². The van der Waals surface area contributed by atoms with Gasteiger partial charge < -0.3 is 14.8 Å². The largest absolute Gasteiger partial charge is 0.486 e. The van der Waals surface area contributed by atoms with Crippen LogP contribution in [0.2, 0.25) is 0 Å². The van der Waals surface area contributed by atoms with Crippen LogP contribution in [0.5, 0.6) is 11.5 Å². The summed E-state index contributed by atoms with van der Waals surface area (Å²) >= 11 is 0. The van der Waals surface area contributed by atoms with Gasteiger partial charge in [-0.25, -0.2) is 4.39 Å². The zero-order valence-corrected chi connectivity index (χ0v) is 16.0. The monoisotopic (exact) mass is 398 g/mol. The first-order valence-corrected chi connectivity index (χ1v) is 9.80. The molecule has 0 radical (unpaired) electrons. The smallest absolute Gasteiger partial charge is 0.238 e. The molecule has 152 valence electrons. The van der Waals surface area contributed by atoms with E-state index < -0.39 is 0 Å². The SMILES string of the molecule is O=C(CN1CCC(C(=O)c2ccc3c(c2)OCCO3)CC1)Nc1cccc(F)c1. The summed E-state index contributed by atoms with van der Waals surface area (Å²) in [6.07, 6.45) is 1.39. The second-order valence-corrected chi connectivity index (χ2v) is 7.33. The molecule has 2 aliphatic heterocycles. The Bertz CT molecular complexity index is 909. The third-order valence-electron chi connectivity index (χ3n) is 5.26. The molecule has 1 N–H and O–H groups in total. The van der Waals surface area contributed by atoms with Crippen molar-refractivity contribution in [1.29, 1.82) is 0 Å². The Morgan fingerprint density at radius 3 is 2.55 bits per heavy atom. The van der Waals surface area contributed by atoms with Gasteiger partial charge in [-0.15, -0.1) is 0 Å². The van der Waals surface area contributed by atoms with Crippen molar-refractivity contribution in [2.45, 2.75) is 12.8 Å². The lowest BCUT2D eigenvalue weighted by atomic mass is 9.88. The molecule has 0 aliphatic carbocycles. The number of rotatable bonds is 5. The molecule has 29 heavy (non-hydrogen) atoms. The van der Waals surface area contributed by atoms with Gasteiger partial charge in [-0.1, -0.05) is 6.07 Å². The number of carbonyl (C=O) groups is 2. The molecule has 2 aliphatic rings. The Kier molecular flexibility index (Phi) is 5.76. The van der Waals surface area contributed by atoms with Crippen molar-refractivity contribution >= 4 is 17.4 Å². The molecule has 7 heteroatoms. The van der Waals surface area contributed by atoms with Crippen LogP contribution >= 0.6 is 0 Å². The molecule has 1 saturated heterocycles. The van der Waals surface area contributed by atoms with Crippen LogP contribution in [0.3, 0.4) is 0 Å². The van der Waals surface area contributed by atoms with Gasteiger partial charge in [0.15, 0.2) is 17.3 Å². The number of ether oxygens (including phenoxy) is 2. The number of anilines is 1. The normalized spacial score (nSPS) is 17.0. The molecule has 6 nitrogen and oxygen atoms in total. The minimum absolute atomic E-state index is 0.0694. The molecular weight excluding hydrogens is 375 g/mol. The predicted octanol–water partition coefficient (Wildman–Crippen LogP) is 3.13. The fourth-order valence-corrected chi connectivity index (χ4v) is 3.76. The van der Waals surface area contributed by atoms with Crippen molar-refractivity contribution in [3.63, 3.8) is 0 Å². The molecule has 0 unspecified atom stereocenters. The topological polar surface area (TPSA) is 67.9 Å². The highest BCUT2D eigenvalue weighted by atomic mass is 19.1. The van der Waals surface area contributed by atoms with Crippen LogP contribution in [0.1, 0.15) is 23.2 Å². The molecule has 0 atom stereocenters. The lowest BCUT2D eigenvalue weighted by molar-refractivity contribution is -0.117. The molecule has 0 aromatic heterocycles. The number of hydrogen-bond donors (Lipinski definition) is 1. The van der Waals surface area contributed by atoms with Crippen LogP contribution in [0.25, 0.3) is 0 Å². The Labute approximate surface area is 168 Å². The van der Waals surface area contributed by atoms with E-state index in [9.17, 15) is 14.0 Å². The van der Waals surface area contributed by atoms with E-state index in [1.54, 1.807) is 30.3 Å². The van der Waals surface area contributed by atoms with Crippen LogP contribution in [0.15, 0.2) is 42.5 Å². The number of fused-ring (bicyclic) bond motifs is 1. The van der Waals surface area contributed by atoms with Gasteiger partial charge in [0.1, 0.15) is 19.0 Å². The third-order valence-corrected chi connectivity index (χ3v) is 5.26.